The summed E-state index contributed by atoms with van der Waals surface area (Å²) < 4.78 is 5.95. The van der Waals surface area contributed by atoms with Crippen molar-refractivity contribution < 1.29 is 9.64 Å². The minimum Gasteiger partial charge on any atom is -0.366 e. The number of quaternary nitrogens is 1. The van der Waals surface area contributed by atoms with Gasteiger partial charge in [0.1, 0.15) is 25.7 Å². The van der Waals surface area contributed by atoms with E-state index in [1.165, 1.54) is 10.5 Å². The Balaban J connectivity index is 1.31. The number of benzene rings is 2. The van der Waals surface area contributed by atoms with Gasteiger partial charge in [-0.3, -0.25) is 5.10 Å². The molecule has 0 aliphatic carbocycles. The van der Waals surface area contributed by atoms with E-state index in [2.05, 4.69) is 21.2 Å². The molecule has 2 atom stereocenters. The summed E-state index contributed by atoms with van der Waals surface area (Å²) in [6.45, 7) is 3.68. The predicted molar refractivity (Wildman–Crippen MR) is 108 cm³/mol. The topological polar surface area (TPSA) is 55.2 Å². The number of morpholine rings is 1. The first-order valence-corrected chi connectivity index (χ1v) is 10.4. The summed E-state index contributed by atoms with van der Waals surface area (Å²) in [5, 5.41) is 8.94. The van der Waals surface area contributed by atoms with Gasteiger partial charge in [0.15, 0.2) is 5.82 Å². The van der Waals surface area contributed by atoms with Gasteiger partial charge < -0.3 is 9.64 Å². The Morgan fingerprint density at radius 1 is 1.15 bits per heavy atom. The lowest BCUT2D eigenvalue weighted by Gasteiger charge is -2.30. The van der Waals surface area contributed by atoms with E-state index >= 15 is 0 Å². The summed E-state index contributed by atoms with van der Waals surface area (Å²) in [7, 11) is 0. The maximum Gasteiger partial charge on any atom is 0.208 e. The molecule has 0 bridgehead atoms. The number of rotatable bonds is 6. The molecule has 0 spiro atoms. The number of aromatic amines is 1. The Labute approximate surface area is 168 Å². The molecule has 1 unspecified atom stereocenters. The van der Waals surface area contributed by atoms with Gasteiger partial charge in [-0.1, -0.05) is 71.9 Å². The fourth-order valence-corrected chi connectivity index (χ4v) is 4.25. The number of H-pyrrole nitrogens is 1. The van der Waals surface area contributed by atoms with Gasteiger partial charge in [-0.05, 0) is 6.07 Å². The highest BCUT2D eigenvalue weighted by atomic mass is 35.5. The molecule has 1 fully saturated rings. The van der Waals surface area contributed by atoms with Crippen molar-refractivity contribution in [2.24, 2.45) is 0 Å². The lowest BCUT2D eigenvalue weighted by molar-refractivity contribution is -0.924. The van der Waals surface area contributed by atoms with E-state index < -0.39 is 0 Å². The van der Waals surface area contributed by atoms with Crippen molar-refractivity contribution in [3.05, 3.63) is 65.2 Å². The van der Waals surface area contributed by atoms with Gasteiger partial charge in [0, 0.05) is 21.9 Å². The Hall–Kier alpha value is -1.86. The second kappa shape index (κ2) is 8.89. The molecule has 1 aliphatic heterocycles. The third-order valence-corrected chi connectivity index (χ3v) is 5.98. The lowest BCUT2D eigenvalue weighted by atomic mass is 10.2. The van der Waals surface area contributed by atoms with E-state index in [-0.39, 0.29) is 6.10 Å². The van der Waals surface area contributed by atoms with Crippen molar-refractivity contribution >= 4 is 23.4 Å². The van der Waals surface area contributed by atoms with Crippen molar-refractivity contribution in [2.45, 2.75) is 17.8 Å². The SMILES string of the molecule is Clc1ccccc1C[NH+]1CCO[C@H](CSc2n[nH]c(-c3ccccc3)n2)C1. The molecule has 4 rings (SSSR count). The molecule has 7 heteroatoms. The fourth-order valence-electron chi connectivity index (χ4n) is 3.24. The number of hydrogen-bond donors (Lipinski definition) is 2. The van der Waals surface area contributed by atoms with E-state index in [0.717, 1.165) is 53.6 Å². The Kier molecular flexibility index (Phi) is 6.09. The summed E-state index contributed by atoms with van der Waals surface area (Å²) in [5.74, 6) is 1.65. The maximum atomic E-state index is 6.31. The molecule has 1 aromatic heterocycles. The number of thioether (sulfide) groups is 1. The fraction of sp³-hybridized carbons (Fsp3) is 0.300. The molecular weight excluding hydrogens is 380 g/mol. The zero-order valence-corrected chi connectivity index (χ0v) is 16.5. The number of aromatic nitrogens is 3. The normalized spacial score (nSPS) is 19.9. The van der Waals surface area contributed by atoms with Crippen LogP contribution in [0.15, 0.2) is 59.8 Å². The van der Waals surface area contributed by atoms with E-state index in [1.807, 2.05) is 48.5 Å². The summed E-state index contributed by atoms with van der Waals surface area (Å²) in [6.07, 6.45) is 0.194. The second-order valence-electron chi connectivity index (χ2n) is 6.61. The van der Waals surface area contributed by atoms with Crippen LogP contribution in [0.25, 0.3) is 11.4 Å². The van der Waals surface area contributed by atoms with Crippen LogP contribution >= 0.6 is 23.4 Å². The molecule has 1 aliphatic rings. The third-order valence-electron chi connectivity index (χ3n) is 4.63. The molecule has 5 nitrogen and oxygen atoms in total. The number of nitrogens with zero attached hydrogens (tertiary/aromatic N) is 2. The van der Waals surface area contributed by atoms with Crippen LogP contribution in [-0.2, 0) is 11.3 Å². The highest BCUT2D eigenvalue weighted by Gasteiger charge is 2.25. The van der Waals surface area contributed by atoms with Crippen LogP contribution in [0.5, 0.6) is 0 Å². The van der Waals surface area contributed by atoms with Gasteiger partial charge in [0.25, 0.3) is 0 Å². The van der Waals surface area contributed by atoms with Gasteiger partial charge in [-0.25, -0.2) is 4.98 Å². The predicted octanol–water partition coefficient (Wildman–Crippen LogP) is 2.70. The Morgan fingerprint density at radius 2 is 1.96 bits per heavy atom. The van der Waals surface area contributed by atoms with Crippen LogP contribution in [-0.4, -0.2) is 46.7 Å². The zero-order valence-electron chi connectivity index (χ0n) is 14.9. The molecular formula is C20H22ClN4OS+. The molecule has 2 aromatic carbocycles. The molecule has 140 valence electrons. The Bertz CT molecular complexity index is 873. The standard InChI is InChI=1S/C20H21ClN4OS/c21-18-9-5-4-8-16(18)12-25-10-11-26-17(13-25)14-27-20-22-19(23-24-20)15-6-2-1-3-7-15/h1-9,17H,10-14H2,(H,22,23,24)/p+1/t17-/m0/s1. The lowest BCUT2D eigenvalue weighted by Crippen LogP contribution is -3.13. The minimum absolute atomic E-state index is 0.194. The van der Waals surface area contributed by atoms with Gasteiger partial charge in [-0.2, -0.15) is 0 Å². The summed E-state index contributed by atoms with van der Waals surface area (Å²) in [4.78, 5) is 6.08. The molecule has 0 radical (unpaired) electrons. The monoisotopic (exact) mass is 401 g/mol. The second-order valence-corrected chi connectivity index (χ2v) is 8.00. The van der Waals surface area contributed by atoms with Gasteiger partial charge >= 0.3 is 0 Å². The van der Waals surface area contributed by atoms with Crippen LogP contribution in [0.3, 0.4) is 0 Å². The van der Waals surface area contributed by atoms with E-state index in [1.54, 1.807) is 11.8 Å². The maximum absolute atomic E-state index is 6.31. The van der Waals surface area contributed by atoms with E-state index in [0.29, 0.717) is 0 Å². The van der Waals surface area contributed by atoms with Crippen molar-refractivity contribution in [1.29, 1.82) is 0 Å². The van der Waals surface area contributed by atoms with Gasteiger partial charge in [-0.15, -0.1) is 5.10 Å². The molecule has 27 heavy (non-hydrogen) atoms. The molecule has 0 saturated carbocycles. The van der Waals surface area contributed by atoms with Crippen LogP contribution in [0.2, 0.25) is 5.02 Å². The summed E-state index contributed by atoms with van der Waals surface area (Å²) >= 11 is 7.94. The molecule has 3 aromatic rings. The van der Waals surface area contributed by atoms with Crippen molar-refractivity contribution in [2.75, 3.05) is 25.4 Å². The van der Waals surface area contributed by atoms with E-state index in [9.17, 15) is 0 Å². The smallest absolute Gasteiger partial charge is 0.208 e. The first-order valence-electron chi connectivity index (χ1n) is 9.07. The number of hydrogen-bond acceptors (Lipinski definition) is 4. The minimum atomic E-state index is 0.194. The van der Waals surface area contributed by atoms with E-state index in [4.69, 9.17) is 16.3 Å². The summed E-state index contributed by atoms with van der Waals surface area (Å²) in [6, 6.07) is 18.1. The summed E-state index contributed by atoms with van der Waals surface area (Å²) in [5.41, 5.74) is 2.24. The first kappa shape index (κ1) is 18.5. The van der Waals surface area contributed by atoms with Crippen LogP contribution < -0.4 is 4.90 Å². The molecule has 2 heterocycles. The molecule has 0 amide bonds. The van der Waals surface area contributed by atoms with Crippen molar-refractivity contribution in [3.8, 4) is 11.4 Å². The largest absolute Gasteiger partial charge is 0.366 e. The number of ether oxygens (including phenoxy) is 1. The zero-order chi connectivity index (χ0) is 18.5. The quantitative estimate of drug-likeness (QED) is 0.623. The van der Waals surface area contributed by atoms with Crippen LogP contribution in [0, 0.1) is 0 Å². The van der Waals surface area contributed by atoms with Gasteiger partial charge in [0.05, 0.1) is 6.61 Å². The van der Waals surface area contributed by atoms with Crippen LogP contribution in [0.1, 0.15) is 5.56 Å². The highest BCUT2D eigenvalue weighted by Crippen LogP contribution is 2.20. The van der Waals surface area contributed by atoms with Crippen molar-refractivity contribution in [1.82, 2.24) is 15.2 Å². The average Bonchev–Trinajstić information content (AvgIpc) is 3.18. The highest BCUT2D eigenvalue weighted by molar-refractivity contribution is 7.99. The van der Waals surface area contributed by atoms with Crippen molar-refractivity contribution in [3.63, 3.8) is 0 Å². The number of halogens is 1. The third kappa shape index (κ3) is 4.90. The average molecular weight is 402 g/mol. The first-order chi connectivity index (χ1) is 13.3. The van der Waals surface area contributed by atoms with Crippen LogP contribution in [0.4, 0.5) is 0 Å². The number of nitrogens with one attached hydrogen (secondary N) is 2. The molecule has 2 N–H and O–H groups in total. The Morgan fingerprint density at radius 3 is 2.81 bits per heavy atom. The molecule has 1 saturated heterocycles. The van der Waals surface area contributed by atoms with Gasteiger partial charge in [0.2, 0.25) is 5.16 Å².